The van der Waals surface area contributed by atoms with Crippen molar-refractivity contribution in [2.24, 2.45) is 5.41 Å². The van der Waals surface area contributed by atoms with E-state index in [1.807, 2.05) is 11.8 Å². The molecule has 0 aliphatic carbocycles. The number of amides is 1. The lowest BCUT2D eigenvalue weighted by Gasteiger charge is -2.22. The zero-order valence-corrected chi connectivity index (χ0v) is 10.4. The third-order valence-corrected chi connectivity index (χ3v) is 3.36. The molecule has 2 heterocycles. The number of carbonyl (C=O) groups is 2. The second-order valence-corrected chi connectivity index (χ2v) is 4.75. The van der Waals surface area contributed by atoms with Gasteiger partial charge >= 0.3 is 5.97 Å². The number of hydrogen-bond acceptors (Lipinski definition) is 4. The van der Waals surface area contributed by atoms with E-state index in [0.29, 0.717) is 19.0 Å². The van der Waals surface area contributed by atoms with E-state index in [1.165, 1.54) is 6.07 Å². The van der Waals surface area contributed by atoms with Crippen LogP contribution in [0.5, 0.6) is 0 Å². The second-order valence-electron chi connectivity index (χ2n) is 4.75. The van der Waals surface area contributed by atoms with Crippen LogP contribution in [-0.4, -0.2) is 37.1 Å². The topological polar surface area (TPSA) is 82.8 Å². The van der Waals surface area contributed by atoms with E-state index >= 15 is 0 Å². The van der Waals surface area contributed by atoms with Gasteiger partial charge in [-0.25, -0.2) is 4.79 Å². The number of nitrogens with zero attached hydrogens (tertiary/aromatic N) is 1. The minimum absolute atomic E-state index is 0.00462. The third-order valence-electron chi connectivity index (χ3n) is 3.36. The number of rotatable bonds is 3. The van der Waals surface area contributed by atoms with Crippen LogP contribution in [0.1, 0.15) is 23.9 Å². The highest BCUT2D eigenvalue weighted by molar-refractivity contribution is 5.85. The van der Waals surface area contributed by atoms with Crippen LogP contribution in [0, 0.1) is 5.41 Å². The normalized spacial score (nSPS) is 23.1. The summed E-state index contributed by atoms with van der Waals surface area (Å²) in [6.07, 6.45) is 0.718. The Labute approximate surface area is 105 Å². The molecule has 1 aliphatic rings. The highest BCUT2D eigenvalue weighted by Crippen LogP contribution is 2.34. The molecular weight excluding hydrogens is 236 g/mol. The van der Waals surface area contributed by atoms with Crippen LogP contribution >= 0.6 is 0 Å². The number of furan rings is 1. The summed E-state index contributed by atoms with van der Waals surface area (Å²) in [4.78, 5) is 24.4. The summed E-state index contributed by atoms with van der Waals surface area (Å²) in [7, 11) is 1.62. The number of carboxylic acids is 1. The Kier molecular flexibility index (Phi) is 3.02. The fraction of sp³-hybridized carbons (Fsp3) is 0.500. The van der Waals surface area contributed by atoms with Gasteiger partial charge in [-0.05, 0) is 19.4 Å². The average molecular weight is 252 g/mol. The number of anilines is 1. The molecule has 1 atom stereocenters. The summed E-state index contributed by atoms with van der Waals surface area (Å²) in [6.45, 7) is 3.10. The smallest absolute Gasteiger partial charge is 0.371 e. The third kappa shape index (κ3) is 2.05. The lowest BCUT2D eigenvalue weighted by molar-refractivity contribution is -0.128. The minimum Gasteiger partial charge on any atom is -0.475 e. The highest BCUT2D eigenvalue weighted by atomic mass is 16.4. The van der Waals surface area contributed by atoms with Crippen LogP contribution in [0.4, 0.5) is 5.88 Å². The monoisotopic (exact) mass is 252 g/mol. The maximum absolute atomic E-state index is 11.8. The Morgan fingerprint density at radius 1 is 1.50 bits per heavy atom. The molecule has 2 N–H and O–H groups in total. The van der Waals surface area contributed by atoms with Gasteiger partial charge in [0, 0.05) is 26.2 Å². The summed E-state index contributed by atoms with van der Waals surface area (Å²) in [6, 6.07) is 3.05. The Bertz CT molecular complexity index is 482. The fourth-order valence-electron chi connectivity index (χ4n) is 2.25. The number of nitrogens with one attached hydrogen (secondary N) is 1. The van der Waals surface area contributed by atoms with Crippen molar-refractivity contribution >= 4 is 17.8 Å². The molecule has 0 radical (unpaired) electrons. The minimum atomic E-state index is -1.09. The molecule has 1 fully saturated rings. The first-order valence-corrected chi connectivity index (χ1v) is 5.76. The van der Waals surface area contributed by atoms with E-state index < -0.39 is 11.4 Å². The first kappa shape index (κ1) is 12.5. The first-order valence-electron chi connectivity index (χ1n) is 5.76. The van der Waals surface area contributed by atoms with Gasteiger partial charge in [-0.15, -0.1) is 0 Å². The van der Waals surface area contributed by atoms with Crippen molar-refractivity contribution in [3.8, 4) is 0 Å². The van der Waals surface area contributed by atoms with E-state index in [1.54, 1.807) is 13.1 Å². The summed E-state index contributed by atoms with van der Waals surface area (Å²) in [5.41, 5.74) is -0.453. The van der Waals surface area contributed by atoms with Crippen LogP contribution in [0.2, 0.25) is 0 Å². The Balaban J connectivity index is 2.13. The Hall–Kier alpha value is -1.98. The summed E-state index contributed by atoms with van der Waals surface area (Å²) in [5, 5.41) is 11.4. The molecule has 18 heavy (non-hydrogen) atoms. The van der Waals surface area contributed by atoms with Gasteiger partial charge in [-0.3, -0.25) is 4.79 Å². The van der Waals surface area contributed by atoms with E-state index in [9.17, 15) is 9.59 Å². The van der Waals surface area contributed by atoms with Crippen molar-refractivity contribution in [3.05, 3.63) is 17.9 Å². The van der Waals surface area contributed by atoms with Crippen molar-refractivity contribution in [2.45, 2.75) is 13.3 Å². The van der Waals surface area contributed by atoms with Gasteiger partial charge in [0.25, 0.3) is 0 Å². The number of carbonyl (C=O) groups excluding carboxylic acids is 1. The quantitative estimate of drug-likeness (QED) is 0.836. The van der Waals surface area contributed by atoms with Gasteiger partial charge in [0.1, 0.15) is 0 Å². The SMILES string of the molecule is CNC(=O)C1(C)CCN(c2ccc(C(=O)O)o2)C1. The van der Waals surface area contributed by atoms with E-state index in [0.717, 1.165) is 6.42 Å². The Morgan fingerprint density at radius 3 is 2.78 bits per heavy atom. The van der Waals surface area contributed by atoms with Gasteiger partial charge < -0.3 is 19.7 Å². The second kappa shape index (κ2) is 4.36. The van der Waals surface area contributed by atoms with E-state index in [2.05, 4.69) is 5.32 Å². The summed E-state index contributed by atoms with van der Waals surface area (Å²) < 4.78 is 5.23. The molecule has 0 spiro atoms. The largest absolute Gasteiger partial charge is 0.475 e. The number of aromatic carboxylic acids is 1. The zero-order chi connectivity index (χ0) is 13.3. The van der Waals surface area contributed by atoms with Crippen molar-refractivity contribution in [3.63, 3.8) is 0 Å². The molecule has 1 unspecified atom stereocenters. The maximum atomic E-state index is 11.8. The molecule has 1 aromatic heterocycles. The van der Waals surface area contributed by atoms with Crippen LogP contribution in [0.3, 0.4) is 0 Å². The van der Waals surface area contributed by atoms with Crippen molar-refractivity contribution in [1.29, 1.82) is 0 Å². The molecule has 1 saturated heterocycles. The molecule has 6 nitrogen and oxygen atoms in total. The molecule has 98 valence electrons. The molecule has 2 rings (SSSR count). The lowest BCUT2D eigenvalue weighted by atomic mass is 9.89. The lowest BCUT2D eigenvalue weighted by Crippen LogP contribution is -2.39. The van der Waals surface area contributed by atoms with Gasteiger partial charge in [-0.1, -0.05) is 0 Å². The van der Waals surface area contributed by atoms with Crippen LogP contribution in [0.15, 0.2) is 16.5 Å². The van der Waals surface area contributed by atoms with Crippen LogP contribution in [0.25, 0.3) is 0 Å². The Morgan fingerprint density at radius 2 is 2.22 bits per heavy atom. The number of carboxylic acid groups (broad SMARTS) is 1. The fourth-order valence-corrected chi connectivity index (χ4v) is 2.25. The van der Waals surface area contributed by atoms with Crippen molar-refractivity contribution in [2.75, 3.05) is 25.0 Å². The molecule has 0 bridgehead atoms. The average Bonchev–Trinajstić information content (AvgIpc) is 2.95. The molecule has 1 amide bonds. The number of hydrogen-bond donors (Lipinski definition) is 2. The van der Waals surface area contributed by atoms with Crippen LogP contribution < -0.4 is 10.2 Å². The van der Waals surface area contributed by atoms with E-state index in [4.69, 9.17) is 9.52 Å². The van der Waals surface area contributed by atoms with Crippen LogP contribution in [-0.2, 0) is 4.79 Å². The summed E-state index contributed by atoms with van der Waals surface area (Å²) in [5.74, 6) is -0.678. The molecule has 0 aromatic carbocycles. The standard InChI is InChI=1S/C12H16N2O4/c1-12(11(17)13-2)5-6-14(7-12)9-4-3-8(18-9)10(15)16/h3-4H,5-7H2,1-2H3,(H,13,17)(H,15,16). The first-order chi connectivity index (χ1) is 8.46. The molecular formula is C12H16N2O4. The molecule has 0 saturated carbocycles. The summed E-state index contributed by atoms with van der Waals surface area (Å²) >= 11 is 0. The zero-order valence-electron chi connectivity index (χ0n) is 10.4. The van der Waals surface area contributed by atoms with Gasteiger partial charge in [0.2, 0.25) is 11.7 Å². The van der Waals surface area contributed by atoms with E-state index in [-0.39, 0.29) is 11.7 Å². The predicted octanol–water partition coefficient (Wildman–Crippen LogP) is 0.940. The van der Waals surface area contributed by atoms with Gasteiger partial charge in [0.15, 0.2) is 5.88 Å². The van der Waals surface area contributed by atoms with Gasteiger partial charge in [0.05, 0.1) is 5.41 Å². The predicted molar refractivity (Wildman–Crippen MR) is 64.7 cm³/mol. The molecule has 1 aliphatic heterocycles. The highest BCUT2D eigenvalue weighted by Gasteiger charge is 2.40. The van der Waals surface area contributed by atoms with Crippen molar-refractivity contribution < 1.29 is 19.1 Å². The molecule has 6 heteroatoms. The van der Waals surface area contributed by atoms with Gasteiger partial charge in [-0.2, -0.15) is 0 Å². The maximum Gasteiger partial charge on any atom is 0.371 e. The molecule has 1 aromatic rings. The van der Waals surface area contributed by atoms with Crippen molar-refractivity contribution in [1.82, 2.24) is 5.32 Å².